The molecule has 1 atom stereocenters. The van der Waals surface area contributed by atoms with E-state index in [2.05, 4.69) is 4.98 Å². The normalized spacial score (nSPS) is 13.2. The van der Waals surface area contributed by atoms with Crippen LogP contribution in [-0.4, -0.2) is 20.8 Å². The molecule has 0 radical (unpaired) electrons. The summed E-state index contributed by atoms with van der Waals surface area (Å²) in [7, 11) is 0. The molecule has 0 fully saturated rings. The van der Waals surface area contributed by atoms with Crippen molar-refractivity contribution in [3.05, 3.63) is 25.9 Å². The second kappa shape index (κ2) is 5.07. The molecule has 0 amide bonds. The first-order chi connectivity index (χ1) is 6.93. The summed E-state index contributed by atoms with van der Waals surface area (Å²) >= 11 is 1.95. The lowest BCUT2D eigenvalue weighted by Gasteiger charge is -2.17. The van der Waals surface area contributed by atoms with Crippen molar-refractivity contribution in [2.45, 2.75) is 33.4 Å². The molecule has 15 heavy (non-hydrogen) atoms. The zero-order valence-electron chi connectivity index (χ0n) is 9.07. The number of rotatable bonds is 3. The van der Waals surface area contributed by atoms with Crippen molar-refractivity contribution in [2.75, 3.05) is 0 Å². The van der Waals surface area contributed by atoms with E-state index in [1.165, 1.54) is 4.57 Å². The average molecular weight is 322 g/mol. The Balaban J connectivity index is 3.04. The minimum atomic E-state index is -0.513. The molecule has 84 valence electrons. The van der Waals surface area contributed by atoms with Crippen LogP contribution in [-0.2, 0) is 6.54 Å². The minimum absolute atomic E-state index is 0.0807. The molecule has 1 N–H and O–H groups in total. The van der Waals surface area contributed by atoms with Gasteiger partial charge in [-0.15, -0.1) is 0 Å². The molecular weight excluding hydrogens is 307 g/mol. The Hall–Kier alpha value is -0.430. The molecule has 0 aliphatic heterocycles. The zero-order chi connectivity index (χ0) is 11.6. The van der Waals surface area contributed by atoms with E-state index in [1.807, 2.05) is 36.4 Å². The molecule has 0 bridgehead atoms. The molecule has 1 aromatic heterocycles. The summed E-state index contributed by atoms with van der Waals surface area (Å²) in [4.78, 5) is 15.8. The first kappa shape index (κ1) is 12.6. The van der Waals surface area contributed by atoms with Crippen LogP contribution in [0.1, 0.15) is 19.7 Å². The lowest BCUT2D eigenvalue weighted by molar-refractivity contribution is 0.104. The highest BCUT2D eigenvalue weighted by molar-refractivity contribution is 14.1. The van der Waals surface area contributed by atoms with Gasteiger partial charge < -0.3 is 5.11 Å². The molecule has 0 aliphatic carbocycles. The number of hydrogen-bond acceptors (Lipinski definition) is 3. The van der Waals surface area contributed by atoms with Gasteiger partial charge in [0.05, 0.1) is 16.2 Å². The summed E-state index contributed by atoms with van der Waals surface area (Å²) in [5, 5.41) is 9.73. The summed E-state index contributed by atoms with van der Waals surface area (Å²) in [5.74, 6) is 0.772. The number of aliphatic hydroxyl groups excluding tert-OH is 1. The Morgan fingerprint density at radius 1 is 1.60 bits per heavy atom. The smallest absolute Gasteiger partial charge is 0.267 e. The fourth-order valence-corrected chi connectivity index (χ4v) is 1.59. The van der Waals surface area contributed by atoms with Crippen LogP contribution in [0.5, 0.6) is 0 Å². The number of halogens is 1. The molecule has 5 heteroatoms. The van der Waals surface area contributed by atoms with Gasteiger partial charge in [0.2, 0.25) is 0 Å². The predicted molar refractivity (Wildman–Crippen MR) is 66.8 cm³/mol. The van der Waals surface area contributed by atoms with Crippen molar-refractivity contribution >= 4 is 22.6 Å². The number of nitrogens with zero attached hydrogens (tertiary/aromatic N) is 2. The molecule has 0 saturated carbocycles. The van der Waals surface area contributed by atoms with Gasteiger partial charge in [-0.2, -0.15) is 0 Å². The lowest BCUT2D eigenvalue weighted by atomic mass is 10.1. The highest BCUT2D eigenvalue weighted by atomic mass is 127. The summed E-state index contributed by atoms with van der Waals surface area (Å²) in [6, 6.07) is 0. The summed E-state index contributed by atoms with van der Waals surface area (Å²) < 4.78 is 2.10. The van der Waals surface area contributed by atoms with Crippen LogP contribution in [0.3, 0.4) is 0 Å². The van der Waals surface area contributed by atoms with Crippen LogP contribution < -0.4 is 5.56 Å². The molecule has 0 aromatic carbocycles. The SMILES string of the molecule is Cc1ncc(I)c(=O)n1CC(O)C(C)C. The van der Waals surface area contributed by atoms with Crippen molar-refractivity contribution < 1.29 is 5.11 Å². The Bertz CT molecular complexity index is 401. The Morgan fingerprint density at radius 3 is 2.73 bits per heavy atom. The van der Waals surface area contributed by atoms with Gasteiger partial charge >= 0.3 is 0 Å². The highest BCUT2D eigenvalue weighted by Gasteiger charge is 2.13. The number of aliphatic hydroxyl groups is 1. The third-order valence-electron chi connectivity index (χ3n) is 2.34. The fraction of sp³-hybridized carbons (Fsp3) is 0.600. The summed E-state index contributed by atoms with van der Waals surface area (Å²) in [5.41, 5.74) is -0.0807. The fourth-order valence-electron chi connectivity index (χ4n) is 1.16. The maximum absolute atomic E-state index is 11.8. The van der Waals surface area contributed by atoms with Crippen LogP contribution in [0.15, 0.2) is 11.0 Å². The lowest BCUT2D eigenvalue weighted by Crippen LogP contribution is -2.32. The molecule has 1 unspecified atom stereocenters. The molecule has 1 aromatic rings. The highest BCUT2D eigenvalue weighted by Crippen LogP contribution is 2.05. The Kier molecular flexibility index (Phi) is 4.27. The van der Waals surface area contributed by atoms with Crippen molar-refractivity contribution in [3.8, 4) is 0 Å². The van der Waals surface area contributed by atoms with Gasteiger partial charge in [-0.1, -0.05) is 13.8 Å². The maximum atomic E-state index is 11.8. The van der Waals surface area contributed by atoms with Crippen molar-refractivity contribution in [1.82, 2.24) is 9.55 Å². The van der Waals surface area contributed by atoms with Gasteiger partial charge in [0, 0.05) is 6.20 Å². The van der Waals surface area contributed by atoms with E-state index in [4.69, 9.17) is 0 Å². The van der Waals surface area contributed by atoms with Crippen molar-refractivity contribution in [2.24, 2.45) is 5.92 Å². The van der Waals surface area contributed by atoms with Crippen LogP contribution in [0, 0.1) is 16.4 Å². The summed E-state index contributed by atoms with van der Waals surface area (Å²) in [6.45, 7) is 5.93. The first-order valence-corrected chi connectivity index (χ1v) is 5.91. The Labute approximate surface area is 102 Å². The third kappa shape index (κ3) is 3.01. The average Bonchev–Trinajstić information content (AvgIpc) is 2.18. The number of hydrogen-bond donors (Lipinski definition) is 1. The quantitative estimate of drug-likeness (QED) is 0.850. The van der Waals surface area contributed by atoms with Gasteiger partial charge in [-0.05, 0) is 35.4 Å². The van der Waals surface area contributed by atoms with E-state index in [1.54, 1.807) is 13.1 Å². The number of aryl methyl sites for hydroxylation is 1. The standard InChI is InChI=1S/C10H15IN2O2/c1-6(2)9(14)5-13-7(3)12-4-8(11)10(13)15/h4,6,9,14H,5H2,1-3H3. The van der Waals surface area contributed by atoms with Gasteiger partial charge in [0.1, 0.15) is 5.82 Å². The van der Waals surface area contributed by atoms with E-state index >= 15 is 0 Å². The first-order valence-electron chi connectivity index (χ1n) is 4.83. The van der Waals surface area contributed by atoms with Gasteiger partial charge in [-0.3, -0.25) is 9.36 Å². The van der Waals surface area contributed by atoms with Gasteiger partial charge in [0.25, 0.3) is 5.56 Å². The zero-order valence-corrected chi connectivity index (χ0v) is 11.2. The molecular formula is C10H15IN2O2. The van der Waals surface area contributed by atoms with E-state index in [0.29, 0.717) is 15.9 Å². The van der Waals surface area contributed by atoms with Gasteiger partial charge in [-0.25, -0.2) is 4.98 Å². The van der Waals surface area contributed by atoms with Crippen LogP contribution in [0.25, 0.3) is 0 Å². The molecule has 0 aliphatic rings. The molecule has 1 rings (SSSR count). The van der Waals surface area contributed by atoms with E-state index in [0.717, 1.165) is 0 Å². The third-order valence-corrected chi connectivity index (χ3v) is 3.08. The maximum Gasteiger partial charge on any atom is 0.267 e. The monoisotopic (exact) mass is 322 g/mol. The second-order valence-corrected chi connectivity index (χ2v) is 5.04. The van der Waals surface area contributed by atoms with Crippen molar-refractivity contribution in [3.63, 3.8) is 0 Å². The molecule has 0 spiro atoms. The van der Waals surface area contributed by atoms with E-state index in [9.17, 15) is 9.90 Å². The molecule has 4 nitrogen and oxygen atoms in total. The van der Waals surface area contributed by atoms with Crippen molar-refractivity contribution in [1.29, 1.82) is 0 Å². The predicted octanol–water partition coefficient (Wildman–Crippen LogP) is 1.17. The van der Waals surface area contributed by atoms with E-state index < -0.39 is 6.10 Å². The van der Waals surface area contributed by atoms with Crippen LogP contribution >= 0.6 is 22.6 Å². The van der Waals surface area contributed by atoms with E-state index in [-0.39, 0.29) is 11.5 Å². The topological polar surface area (TPSA) is 55.1 Å². The molecule has 0 saturated heterocycles. The van der Waals surface area contributed by atoms with Crippen LogP contribution in [0.4, 0.5) is 0 Å². The largest absolute Gasteiger partial charge is 0.391 e. The Morgan fingerprint density at radius 2 is 2.20 bits per heavy atom. The van der Waals surface area contributed by atoms with Crippen LogP contribution in [0.2, 0.25) is 0 Å². The molecule has 1 heterocycles. The minimum Gasteiger partial charge on any atom is -0.391 e. The van der Waals surface area contributed by atoms with Gasteiger partial charge in [0.15, 0.2) is 0 Å². The number of aromatic nitrogens is 2. The summed E-state index contributed by atoms with van der Waals surface area (Å²) in [6.07, 6.45) is 1.04. The second-order valence-electron chi connectivity index (χ2n) is 3.88.